The summed E-state index contributed by atoms with van der Waals surface area (Å²) in [5.74, 6) is -1.16. The lowest BCUT2D eigenvalue weighted by Gasteiger charge is -2.05. The molecule has 2 heterocycles. The van der Waals surface area contributed by atoms with E-state index in [1.165, 1.54) is 17.4 Å². The van der Waals surface area contributed by atoms with Gasteiger partial charge in [-0.1, -0.05) is 41.7 Å². The molecule has 2 aromatic heterocycles. The summed E-state index contributed by atoms with van der Waals surface area (Å²) in [6.07, 6.45) is 0. The standard InChI is InChI=1S/C21H16N2O5S/c1-2-27-18(24)12-23-15-8-4-6-10-17(15)29-21(23)22-19(25)14-11-13-7-3-5-9-16(13)28-20(14)26/h3-11H,2,12H2,1H3. The Kier molecular flexibility index (Phi) is 5.09. The second kappa shape index (κ2) is 7.84. The third-order valence-corrected chi connectivity index (χ3v) is 5.31. The molecule has 0 unspecified atom stereocenters. The van der Waals surface area contributed by atoms with Gasteiger partial charge in [-0.25, -0.2) is 4.79 Å². The fourth-order valence-corrected chi connectivity index (χ4v) is 3.98. The molecule has 29 heavy (non-hydrogen) atoms. The summed E-state index contributed by atoms with van der Waals surface area (Å²) in [4.78, 5) is 41.5. The first-order valence-corrected chi connectivity index (χ1v) is 9.74. The van der Waals surface area contributed by atoms with Gasteiger partial charge in [0.15, 0.2) is 4.80 Å². The molecule has 0 N–H and O–H groups in total. The Balaban J connectivity index is 1.83. The van der Waals surface area contributed by atoms with Crippen molar-refractivity contribution in [1.29, 1.82) is 0 Å². The molecule has 2 aromatic carbocycles. The van der Waals surface area contributed by atoms with E-state index < -0.39 is 17.5 Å². The van der Waals surface area contributed by atoms with E-state index in [0.29, 0.717) is 15.8 Å². The summed E-state index contributed by atoms with van der Waals surface area (Å²) >= 11 is 1.25. The maximum Gasteiger partial charge on any atom is 0.349 e. The Labute approximate surface area is 168 Å². The number of rotatable bonds is 4. The van der Waals surface area contributed by atoms with Crippen LogP contribution in [0, 0.1) is 0 Å². The van der Waals surface area contributed by atoms with Crippen molar-refractivity contribution in [3.05, 3.63) is 75.4 Å². The number of benzene rings is 2. The average molecular weight is 408 g/mol. The van der Waals surface area contributed by atoms with E-state index in [0.717, 1.165) is 10.2 Å². The van der Waals surface area contributed by atoms with Crippen LogP contribution in [0.2, 0.25) is 0 Å². The summed E-state index contributed by atoms with van der Waals surface area (Å²) in [5, 5.41) is 0.626. The predicted octanol–water partition coefficient (Wildman–Crippen LogP) is 3.11. The first kappa shape index (κ1) is 18.8. The van der Waals surface area contributed by atoms with Crippen LogP contribution in [-0.4, -0.2) is 23.1 Å². The molecule has 0 saturated heterocycles. The Morgan fingerprint density at radius 2 is 1.90 bits per heavy atom. The van der Waals surface area contributed by atoms with Gasteiger partial charge in [-0.2, -0.15) is 4.99 Å². The summed E-state index contributed by atoms with van der Waals surface area (Å²) in [5.41, 5.74) is 0.232. The van der Waals surface area contributed by atoms with Crippen molar-refractivity contribution in [2.45, 2.75) is 13.5 Å². The van der Waals surface area contributed by atoms with E-state index in [9.17, 15) is 14.4 Å². The number of hydrogen-bond donors (Lipinski definition) is 0. The van der Waals surface area contributed by atoms with E-state index in [1.807, 2.05) is 24.3 Å². The minimum atomic E-state index is -0.754. The maximum absolute atomic E-state index is 12.8. The Hall–Kier alpha value is -3.52. The van der Waals surface area contributed by atoms with Crippen LogP contribution in [0.1, 0.15) is 17.3 Å². The number of nitrogens with zero attached hydrogens (tertiary/aromatic N) is 2. The van der Waals surface area contributed by atoms with Crippen LogP contribution < -0.4 is 10.4 Å². The van der Waals surface area contributed by atoms with Crippen molar-refractivity contribution in [3.63, 3.8) is 0 Å². The Morgan fingerprint density at radius 3 is 2.72 bits per heavy atom. The van der Waals surface area contributed by atoms with Crippen LogP contribution in [-0.2, 0) is 16.1 Å². The lowest BCUT2D eigenvalue weighted by molar-refractivity contribution is -0.143. The molecule has 4 rings (SSSR count). The van der Waals surface area contributed by atoms with Crippen molar-refractivity contribution in [3.8, 4) is 0 Å². The number of amides is 1. The van der Waals surface area contributed by atoms with Crippen LogP contribution in [0.3, 0.4) is 0 Å². The third-order valence-electron chi connectivity index (χ3n) is 4.25. The summed E-state index contributed by atoms with van der Waals surface area (Å²) in [7, 11) is 0. The highest BCUT2D eigenvalue weighted by Gasteiger charge is 2.16. The Bertz CT molecular complexity index is 1360. The summed E-state index contributed by atoms with van der Waals surface area (Å²) in [6, 6.07) is 15.8. The van der Waals surface area contributed by atoms with E-state index in [1.54, 1.807) is 35.8 Å². The van der Waals surface area contributed by atoms with Gasteiger partial charge in [0.25, 0.3) is 5.91 Å². The van der Waals surface area contributed by atoms with Gasteiger partial charge in [-0.15, -0.1) is 0 Å². The van der Waals surface area contributed by atoms with Crippen LogP contribution >= 0.6 is 11.3 Å². The molecular formula is C21H16N2O5S. The Morgan fingerprint density at radius 1 is 1.14 bits per heavy atom. The number of ether oxygens (including phenoxy) is 1. The highest BCUT2D eigenvalue weighted by Crippen LogP contribution is 2.17. The van der Waals surface area contributed by atoms with Crippen molar-refractivity contribution < 1.29 is 18.7 Å². The average Bonchev–Trinajstić information content (AvgIpc) is 3.04. The quantitative estimate of drug-likeness (QED) is 0.382. The van der Waals surface area contributed by atoms with E-state index in [4.69, 9.17) is 9.15 Å². The van der Waals surface area contributed by atoms with Crippen LogP contribution in [0.4, 0.5) is 0 Å². The topological polar surface area (TPSA) is 90.9 Å². The molecule has 4 aromatic rings. The zero-order chi connectivity index (χ0) is 20.4. The molecule has 146 valence electrons. The van der Waals surface area contributed by atoms with Gasteiger partial charge < -0.3 is 13.7 Å². The van der Waals surface area contributed by atoms with Gasteiger partial charge >= 0.3 is 11.6 Å². The van der Waals surface area contributed by atoms with Gasteiger partial charge in [0.1, 0.15) is 17.7 Å². The molecule has 0 bridgehead atoms. The SMILES string of the molecule is CCOC(=O)Cn1c(=NC(=O)c2cc3ccccc3oc2=O)sc2ccccc21. The molecule has 0 aliphatic heterocycles. The van der Waals surface area contributed by atoms with Crippen LogP contribution in [0.15, 0.2) is 68.8 Å². The molecule has 0 atom stereocenters. The first-order chi connectivity index (χ1) is 14.1. The van der Waals surface area contributed by atoms with Gasteiger partial charge in [0.2, 0.25) is 0 Å². The smallest absolute Gasteiger partial charge is 0.349 e. The van der Waals surface area contributed by atoms with Crippen molar-refractivity contribution in [2.24, 2.45) is 4.99 Å². The van der Waals surface area contributed by atoms with Crippen molar-refractivity contribution >= 4 is 44.4 Å². The molecular weight excluding hydrogens is 392 g/mol. The molecule has 0 aliphatic carbocycles. The number of thiazole rings is 1. The number of hydrogen-bond acceptors (Lipinski definition) is 6. The monoisotopic (exact) mass is 408 g/mol. The summed E-state index contributed by atoms with van der Waals surface area (Å²) in [6.45, 7) is 1.89. The van der Waals surface area contributed by atoms with Gasteiger partial charge in [-0.05, 0) is 31.2 Å². The summed E-state index contributed by atoms with van der Waals surface area (Å²) < 4.78 is 12.7. The maximum atomic E-state index is 12.8. The second-order valence-electron chi connectivity index (χ2n) is 6.15. The zero-order valence-electron chi connectivity index (χ0n) is 15.5. The fraction of sp³-hybridized carbons (Fsp3) is 0.143. The number of fused-ring (bicyclic) bond motifs is 2. The van der Waals surface area contributed by atoms with Crippen LogP contribution in [0.25, 0.3) is 21.2 Å². The lowest BCUT2D eigenvalue weighted by Crippen LogP contribution is -2.24. The van der Waals surface area contributed by atoms with Crippen molar-refractivity contribution in [1.82, 2.24) is 4.57 Å². The highest BCUT2D eigenvalue weighted by atomic mass is 32.1. The van der Waals surface area contributed by atoms with E-state index >= 15 is 0 Å². The molecule has 1 amide bonds. The number of carbonyl (C=O) groups is 2. The van der Waals surface area contributed by atoms with Gasteiger partial charge in [-0.3, -0.25) is 9.59 Å². The number of para-hydroxylation sites is 2. The second-order valence-corrected chi connectivity index (χ2v) is 7.15. The fourth-order valence-electron chi connectivity index (χ4n) is 2.95. The molecule has 0 radical (unpaired) electrons. The van der Waals surface area contributed by atoms with E-state index in [-0.39, 0.29) is 18.7 Å². The minimum Gasteiger partial charge on any atom is -0.465 e. The molecule has 8 heteroatoms. The molecule has 0 aliphatic rings. The van der Waals surface area contributed by atoms with E-state index in [2.05, 4.69) is 4.99 Å². The largest absolute Gasteiger partial charge is 0.465 e. The number of aromatic nitrogens is 1. The molecule has 0 fully saturated rings. The van der Waals surface area contributed by atoms with Crippen LogP contribution in [0.5, 0.6) is 0 Å². The lowest BCUT2D eigenvalue weighted by atomic mass is 10.2. The number of carbonyl (C=O) groups excluding carboxylic acids is 2. The van der Waals surface area contributed by atoms with Gasteiger partial charge in [0, 0.05) is 5.39 Å². The number of esters is 1. The molecule has 7 nitrogen and oxygen atoms in total. The normalized spacial score (nSPS) is 11.8. The molecule has 0 saturated carbocycles. The third kappa shape index (κ3) is 3.74. The van der Waals surface area contributed by atoms with Gasteiger partial charge in [0.05, 0.1) is 16.8 Å². The zero-order valence-corrected chi connectivity index (χ0v) is 16.3. The van der Waals surface area contributed by atoms with Crippen molar-refractivity contribution in [2.75, 3.05) is 6.61 Å². The minimum absolute atomic E-state index is 0.0870. The highest BCUT2D eigenvalue weighted by molar-refractivity contribution is 7.16. The first-order valence-electron chi connectivity index (χ1n) is 8.93. The predicted molar refractivity (Wildman–Crippen MR) is 109 cm³/mol. The molecule has 0 spiro atoms.